The molecule has 2 amide bonds. The van der Waals surface area contributed by atoms with Crippen LogP contribution < -0.4 is 9.62 Å². The van der Waals surface area contributed by atoms with E-state index in [0.717, 1.165) is 54.1 Å². The van der Waals surface area contributed by atoms with Gasteiger partial charge in [0.05, 0.1) is 10.6 Å². The lowest BCUT2D eigenvalue weighted by molar-refractivity contribution is -0.140. The van der Waals surface area contributed by atoms with E-state index >= 15 is 0 Å². The maximum Gasteiger partial charge on any atom is 0.264 e. The Hall–Kier alpha value is -3.92. The molecule has 0 aromatic heterocycles. The van der Waals surface area contributed by atoms with Crippen LogP contribution in [0.3, 0.4) is 0 Å². The van der Waals surface area contributed by atoms with Gasteiger partial charge in [-0.1, -0.05) is 97.1 Å². The van der Waals surface area contributed by atoms with Gasteiger partial charge in [0.1, 0.15) is 18.4 Å². The van der Waals surface area contributed by atoms with Crippen molar-refractivity contribution in [3.8, 4) is 0 Å². The number of carbonyl (C=O) groups is 2. The van der Waals surface area contributed by atoms with Crippen molar-refractivity contribution in [1.82, 2.24) is 10.2 Å². The summed E-state index contributed by atoms with van der Waals surface area (Å²) in [5.41, 5.74) is 1.45. The molecule has 0 spiro atoms. The van der Waals surface area contributed by atoms with Gasteiger partial charge in [0.25, 0.3) is 10.0 Å². The number of carbonyl (C=O) groups excluding carboxylic acids is 2. The van der Waals surface area contributed by atoms with Crippen molar-refractivity contribution in [1.29, 1.82) is 0 Å². The number of rotatable bonds is 12. The zero-order chi connectivity index (χ0) is 33.4. The quantitative estimate of drug-likeness (QED) is 0.167. The molecule has 1 N–H and O–H groups in total. The van der Waals surface area contributed by atoms with Gasteiger partial charge in [-0.15, -0.1) is 0 Å². The van der Waals surface area contributed by atoms with Crippen LogP contribution >= 0.6 is 23.2 Å². The van der Waals surface area contributed by atoms with Crippen molar-refractivity contribution in [2.75, 3.05) is 10.8 Å². The van der Waals surface area contributed by atoms with E-state index in [4.69, 9.17) is 23.2 Å². The summed E-state index contributed by atoms with van der Waals surface area (Å²) in [6.45, 7) is -0.747. The van der Waals surface area contributed by atoms with Crippen molar-refractivity contribution >= 4 is 50.7 Å². The summed E-state index contributed by atoms with van der Waals surface area (Å²) < 4.78 is 43.0. The summed E-state index contributed by atoms with van der Waals surface area (Å²) >= 11 is 12.8. The Bertz CT molecular complexity index is 1770. The molecule has 11 heteroatoms. The fourth-order valence-corrected chi connectivity index (χ4v) is 7.69. The van der Waals surface area contributed by atoms with Gasteiger partial charge < -0.3 is 10.2 Å². The second-order valence-corrected chi connectivity index (χ2v) is 14.3. The highest BCUT2D eigenvalue weighted by Crippen LogP contribution is 2.28. The predicted molar refractivity (Wildman–Crippen MR) is 183 cm³/mol. The fourth-order valence-electron chi connectivity index (χ4n) is 5.79. The number of amides is 2. The van der Waals surface area contributed by atoms with E-state index in [9.17, 15) is 22.4 Å². The van der Waals surface area contributed by atoms with Crippen LogP contribution in [0, 0.1) is 5.82 Å². The molecule has 246 valence electrons. The number of hydrogen-bond donors (Lipinski definition) is 1. The van der Waals surface area contributed by atoms with Crippen LogP contribution in [0.15, 0.2) is 108 Å². The summed E-state index contributed by atoms with van der Waals surface area (Å²) in [7, 11) is -4.29. The third kappa shape index (κ3) is 8.91. The Labute approximate surface area is 285 Å². The Morgan fingerprint density at radius 3 is 2.13 bits per heavy atom. The molecule has 1 aliphatic carbocycles. The molecule has 5 rings (SSSR count). The summed E-state index contributed by atoms with van der Waals surface area (Å²) in [6, 6.07) is 25.8. The van der Waals surface area contributed by atoms with Crippen molar-refractivity contribution in [3.05, 3.63) is 130 Å². The fraction of sp³-hybridized carbons (Fsp3) is 0.278. The highest BCUT2D eigenvalue weighted by Gasteiger charge is 2.35. The maximum absolute atomic E-state index is 14.6. The molecular weight excluding hydrogens is 660 g/mol. The normalized spacial score (nSPS) is 14.3. The van der Waals surface area contributed by atoms with E-state index in [1.165, 1.54) is 29.2 Å². The van der Waals surface area contributed by atoms with Gasteiger partial charge in [-0.25, -0.2) is 12.8 Å². The minimum absolute atomic E-state index is 0.0280. The maximum atomic E-state index is 14.6. The smallest absolute Gasteiger partial charge is 0.264 e. The minimum Gasteiger partial charge on any atom is -0.352 e. The van der Waals surface area contributed by atoms with Crippen molar-refractivity contribution < 1.29 is 22.4 Å². The molecule has 0 bridgehead atoms. The molecule has 0 saturated heterocycles. The Morgan fingerprint density at radius 2 is 1.49 bits per heavy atom. The summed E-state index contributed by atoms with van der Waals surface area (Å²) in [5, 5.41) is 3.88. The lowest BCUT2D eigenvalue weighted by Crippen LogP contribution is -2.55. The average molecular weight is 697 g/mol. The topological polar surface area (TPSA) is 86.8 Å². The third-order valence-corrected chi connectivity index (χ3v) is 10.7. The highest BCUT2D eigenvalue weighted by atomic mass is 35.5. The molecule has 4 aromatic carbocycles. The molecule has 1 fully saturated rings. The van der Waals surface area contributed by atoms with E-state index in [1.54, 1.807) is 36.4 Å². The first-order valence-corrected chi connectivity index (χ1v) is 17.7. The summed E-state index contributed by atoms with van der Waals surface area (Å²) in [6.07, 6.45) is 4.97. The van der Waals surface area contributed by atoms with Gasteiger partial charge in [0.2, 0.25) is 11.8 Å². The Morgan fingerprint density at radius 1 is 0.851 bits per heavy atom. The van der Waals surface area contributed by atoms with Crippen LogP contribution in [0.1, 0.15) is 43.2 Å². The molecule has 1 saturated carbocycles. The number of nitrogens with zero attached hydrogens (tertiary/aromatic N) is 2. The van der Waals surface area contributed by atoms with Gasteiger partial charge >= 0.3 is 0 Å². The number of anilines is 1. The predicted octanol–water partition coefficient (Wildman–Crippen LogP) is 7.42. The van der Waals surface area contributed by atoms with Crippen LogP contribution in [0.2, 0.25) is 10.0 Å². The van der Waals surface area contributed by atoms with Crippen molar-refractivity contribution in [2.45, 2.75) is 62.0 Å². The first kappa shape index (κ1) is 34.4. The SMILES string of the molecule is O=C(NC1CCCCC1)[C@@H](Cc1ccccc1)N(Cc1ccc(Cl)cc1Cl)C(=O)CN(c1ccc(F)cc1)S(=O)(=O)c1ccccc1. The molecular formula is C36H36Cl2FN3O4S. The highest BCUT2D eigenvalue weighted by molar-refractivity contribution is 7.92. The number of sulfonamides is 1. The second-order valence-electron chi connectivity index (χ2n) is 11.6. The lowest BCUT2D eigenvalue weighted by atomic mass is 9.94. The molecule has 1 aliphatic rings. The van der Waals surface area contributed by atoms with Gasteiger partial charge in [-0.3, -0.25) is 13.9 Å². The minimum atomic E-state index is -4.29. The van der Waals surface area contributed by atoms with Gasteiger partial charge in [0.15, 0.2) is 0 Å². The van der Waals surface area contributed by atoms with Crippen molar-refractivity contribution in [2.24, 2.45) is 0 Å². The van der Waals surface area contributed by atoms with E-state index < -0.39 is 34.3 Å². The van der Waals surface area contributed by atoms with Crippen LogP contribution in [0.4, 0.5) is 10.1 Å². The second kappa shape index (κ2) is 15.8. The van der Waals surface area contributed by atoms with E-state index in [-0.39, 0.29) is 35.5 Å². The largest absolute Gasteiger partial charge is 0.352 e. The Balaban J connectivity index is 1.57. The first-order chi connectivity index (χ1) is 22.6. The number of benzene rings is 4. The third-order valence-electron chi connectivity index (χ3n) is 8.30. The van der Waals surface area contributed by atoms with E-state index in [0.29, 0.717) is 15.6 Å². The standard InChI is InChI=1S/C36H36Cl2FN3O4S/c37-28-17-16-27(33(38)23-28)24-41(34(22-26-10-4-1-5-11-26)36(44)40-30-12-6-2-7-13-30)35(43)25-42(31-20-18-29(39)19-21-31)47(45,46)32-14-8-3-9-15-32/h1,3-5,8-11,14-21,23,30,34H,2,6-7,12-13,22,24-25H2,(H,40,44)/t34-/m1/s1. The molecule has 47 heavy (non-hydrogen) atoms. The Kier molecular flexibility index (Phi) is 11.6. The molecule has 1 atom stereocenters. The summed E-state index contributed by atoms with van der Waals surface area (Å²) in [4.78, 5) is 30.1. The molecule has 0 heterocycles. The van der Waals surface area contributed by atoms with Gasteiger partial charge in [0, 0.05) is 29.1 Å². The van der Waals surface area contributed by atoms with Crippen LogP contribution in [-0.4, -0.2) is 43.8 Å². The van der Waals surface area contributed by atoms with E-state index in [2.05, 4.69) is 5.32 Å². The number of hydrogen-bond acceptors (Lipinski definition) is 4. The zero-order valence-corrected chi connectivity index (χ0v) is 28.0. The molecule has 0 aliphatic heterocycles. The molecule has 4 aromatic rings. The van der Waals surface area contributed by atoms with Crippen LogP contribution in [0.25, 0.3) is 0 Å². The number of halogens is 3. The number of nitrogens with one attached hydrogen (secondary N) is 1. The monoisotopic (exact) mass is 695 g/mol. The zero-order valence-electron chi connectivity index (χ0n) is 25.7. The molecule has 0 unspecified atom stereocenters. The van der Waals surface area contributed by atoms with Crippen LogP contribution in [-0.2, 0) is 32.6 Å². The van der Waals surface area contributed by atoms with Crippen molar-refractivity contribution in [3.63, 3.8) is 0 Å². The van der Waals surface area contributed by atoms with Crippen LogP contribution in [0.5, 0.6) is 0 Å². The summed E-state index contributed by atoms with van der Waals surface area (Å²) in [5.74, 6) is -1.53. The molecule has 7 nitrogen and oxygen atoms in total. The van der Waals surface area contributed by atoms with Gasteiger partial charge in [-0.05, 0) is 72.5 Å². The average Bonchev–Trinajstić information content (AvgIpc) is 3.07. The van der Waals surface area contributed by atoms with Gasteiger partial charge in [-0.2, -0.15) is 0 Å². The van der Waals surface area contributed by atoms with E-state index in [1.807, 2.05) is 30.3 Å². The first-order valence-electron chi connectivity index (χ1n) is 15.5. The lowest BCUT2D eigenvalue weighted by Gasteiger charge is -2.35. The molecule has 0 radical (unpaired) electrons.